The number of anilines is 1. The van der Waals surface area contributed by atoms with Gasteiger partial charge in [0.1, 0.15) is 17.9 Å². The van der Waals surface area contributed by atoms with Crippen LogP contribution in [0.1, 0.15) is 40.0 Å². The van der Waals surface area contributed by atoms with Crippen molar-refractivity contribution in [1.82, 2.24) is 10.2 Å². The lowest BCUT2D eigenvalue weighted by atomic mass is 9.64. The molecule has 2 atom stereocenters. The quantitative estimate of drug-likeness (QED) is 0.768. The molecule has 1 saturated carbocycles. The number of amides is 4. The highest BCUT2D eigenvalue weighted by molar-refractivity contribution is 6.30. The molecule has 8 heteroatoms. The minimum absolute atomic E-state index is 0.0945. The Labute approximate surface area is 162 Å². The lowest BCUT2D eigenvalue weighted by molar-refractivity contribution is -0.136. The first kappa shape index (κ1) is 19.6. The molecular weight excluding hydrogens is 373 g/mol. The Morgan fingerprint density at radius 3 is 2.74 bits per heavy atom. The summed E-state index contributed by atoms with van der Waals surface area (Å²) in [6.45, 7) is 5.72. The number of carbonyl (C=O) groups is 3. The van der Waals surface area contributed by atoms with E-state index in [1.807, 2.05) is 0 Å². The van der Waals surface area contributed by atoms with Gasteiger partial charge in [-0.15, -0.1) is 0 Å². The van der Waals surface area contributed by atoms with E-state index in [1.54, 1.807) is 0 Å². The van der Waals surface area contributed by atoms with Crippen LogP contribution >= 0.6 is 11.6 Å². The maximum atomic E-state index is 13.8. The fraction of sp³-hybridized carbons (Fsp3) is 0.526. The summed E-state index contributed by atoms with van der Waals surface area (Å²) in [5.41, 5.74) is -1.16. The Kier molecular flexibility index (Phi) is 4.93. The molecule has 0 bridgehead atoms. The van der Waals surface area contributed by atoms with E-state index in [9.17, 15) is 18.8 Å². The van der Waals surface area contributed by atoms with E-state index >= 15 is 0 Å². The molecule has 2 aliphatic rings. The minimum atomic E-state index is -0.972. The van der Waals surface area contributed by atoms with E-state index in [-0.39, 0.29) is 22.0 Å². The highest BCUT2D eigenvalue weighted by Crippen LogP contribution is 2.46. The number of hydrogen-bond donors (Lipinski definition) is 2. The predicted octanol–water partition coefficient (Wildman–Crippen LogP) is 3.55. The highest BCUT2D eigenvalue weighted by atomic mass is 35.5. The van der Waals surface area contributed by atoms with E-state index in [4.69, 9.17) is 11.6 Å². The van der Waals surface area contributed by atoms with Gasteiger partial charge in [-0.3, -0.25) is 14.5 Å². The molecule has 27 heavy (non-hydrogen) atoms. The van der Waals surface area contributed by atoms with Crippen molar-refractivity contribution in [2.45, 2.75) is 45.6 Å². The molecule has 2 N–H and O–H groups in total. The maximum Gasteiger partial charge on any atom is 0.325 e. The number of hydrogen-bond acceptors (Lipinski definition) is 3. The van der Waals surface area contributed by atoms with Crippen molar-refractivity contribution in [2.75, 3.05) is 11.9 Å². The summed E-state index contributed by atoms with van der Waals surface area (Å²) >= 11 is 5.81. The highest BCUT2D eigenvalue weighted by Gasteiger charge is 2.56. The molecule has 1 aliphatic carbocycles. The van der Waals surface area contributed by atoms with E-state index in [2.05, 4.69) is 31.4 Å². The van der Waals surface area contributed by atoms with Gasteiger partial charge >= 0.3 is 6.03 Å². The van der Waals surface area contributed by atoms with E-state index < -0.39 is 35.7 Å². The molecule has 2 unspecified atom stereocenters. The van der Waals surface area contributed by atoms with Crippen LogP contribution in [0.3, 0.4) is 0 Å². The van der Waals surface area contributed by atoms with E-state index in [0.29, 0.717) is 12.8 Å². The zero-order chi connectivity index (χ0) is 20.0. The third-order valence-electron chi connectivity index (χ3n) is 5.13. The van der Waals surface area contributed by atoms with Crippen molar-refractivity contribution in [3.8, 4) is 0 Å². The van der Waals surface area contributed by atoms with E-state index in [1.165, 1.54) is 12.1 Å². The Morgan fingerprint density at radius 1 is 1.37 bits per heavy atom. The van der Waals surface area contributed by atoms with Gasteiger partial charge in [0, 0.05) is 5.02 Å². The van der Waals surface area contributed by atoms with Crippen LogP contribution in [0.25, 0.3) is 0 Å². The minimum Gasteiger partial charge on any atom is -0.323 e. The zero-order valence-corrected chi connectivity index (χ0v) is 16.3. The fourth-order valence-corrected chi connectivity index (χ4v) is 4.75. The molecule has 146 valence electrons. The van der Waals surface area contributed by atoms with Crippen molar-refractivity contribution in [3.63, 3.8) is 0 Å². The topological polar surface area (TPSA) is 78.5 Å². The van der Waals surface area contributed by atoms with Gasteiger partial charge in [0.2, 0.25) is 5.91 Å². The van der Waals surface area contributed by atoms with Crippen molar-refractivity contribution in [3.05, 3.63) is 29.0 Å². The summed E-state index contributed by atoms with van der Waals surface area (Å²) < 4.78 is 13.8. The van der Waals surface area contributed by atoms with Gasteiger partial charge in [0.25, 0.3) is 5.91 Å². The van der Waals surface area contributed by atoms with Crippen LogP contribution in [-0.2, 0) is 9.59 Å². The molecule has 3 rings (SSSR count). The fourth-order valence-electron chi connectivity index (χ4n) is 4.58. The molecule has 0 aromatic heterocycles. The molecule has 1 aromatic rings. The number of urea groups is 1. The van der Waals surface area contributed by atoms with Crippen molar-refractivity contribution >= 4 is 35.1 Å². The second-order valence-electron chi connectivity index (χ2n) is 8.43. The average Bonchev–Trinajstić information content (AvgIpc) is 2.72. The summed E-state index contributed by atoms with van der Waals surface area (Å²) in [5, 5.41) is 5.43. The second-order valence-corrected chi connectivity index (χ2v) is 8.87. The number of nitrogens with zero attached hydrogens (tertiary/aromatic N) is 1. The summed E-state index contributed by atoms with van der Waals surface area (Å²) in [4.78, 5) is 38.6. The first-order valence-corrected chi connectivity index (χ1v) is 9.28. The molecule has 2 fully saturated rings. The molecular formula is C19H23ClFN3O3. The molecule has 1 heterocycles. The maximum absolute atomic E-state index is 13.8. The van der Waals surface area contributed by atoms with Crippen LogP contribution in [0.15, 0.2) is 18.2 Å². The van der Waals surface area contributed by atoms with Gasteiger partial charge in [-0.2, -0.15) is 0 Å². The molecule has 1 saturated heterocycles. The first-order chi connectivity index (χ1) is 12.5. The Hall–Kier alpha value is -2.15. The predicted molar refractivity (Wildman–Crippen MR) is 99.8 cm³/mol. The molecule has 0 radical (unpaired) electrons. The van der Waals surface area contributed by atoms with Crippen LogP contribution in [0.4, 0.5) is 14.9 Å². The molecule has 1 spiro atoms. The first-order valence-electron chi connectivity index (χ1n) is 8.90. The zero-order valence-electron chi connectivity index (χ0n) is 15.6. The SMILES string of the molecule is CC1CC(C)(C)CC2(C1)NC(=O)N(CC(=O)Nc1cc(Cl)ccc1F)C2=O. The lowest BCUT2D eigenvalue weighted by Crippen LogP contribution is -2.54. The number of halogens is 2. The van der Waals surface area contributed by atoms with Gasteiger partial charge in [-0.1, -0.05) is 32.4 Å². The van der Waals surface area contributed by atoms with Crippen LogP contribution in [-0.4, -0.2) is 34.8 Å². The Morgan fingerprint density at radius 2 is 2.07 bits per heavy atom. The van der Waals surface area contributed by atoms with Crippen LogP contribution in [0.5, 0.6) is 0 Å². The molecule has 1 aliphatic heterocycles. The standard InChI is InChI=1S/C19H23ClFN3O3/c1-11-7-18(2,3)10-19(8-11)16(26)24(17(27)23-19)9-15(25)22-14-6-12(20)4-5-13(14)21/h4-6,11H,7-10H2,1-3H3,(H,22,25)(H,23,27). The van der Waals surface area contributed by atoms with Crippen LogP contribution in [0.2, 0.25) is 5.02 Å². The Balaban J connectivity index is 1.74. The monoisotopic (exact) mass is 395 g/mol. The van der Waals surface area contributed by atoms with Gasteiger partial charge < -0.3 is 10.6 Å². The smallest absolute Gasteiger partial charge is 0.323 e. The van der Waals surface area contributed by atoms with Gasteiger partial charge in [0.05, 0.1) is 5.69 Å². The average molecular weight is 396 g/mol. The summed E-state index contributed by atoms with van der Waals surface area (Å²) in [6, 6.07) is 3.17. The second kappa shape index (κ2) is 6.78. The van der Waals surface area contributed by atoms with Crippen molar-refractivity contribution < 1.29 is 18.8 Å². The number of imide groups is 1. The molecule has 6 nitrogen and oxygen atoms in total. The van der Waals surface area contributed by atoms with E-state index in [0.717, 1.165) is 17.4 Å². The summed E-state index contributed by atoms with van der Waals surface area (Å²) in [5.74, 6) is -1.44. The number of nitrogens with one attached hydrogen (secondary N) is 2. The van der Waals surface area contributed by atoms with Crippen molar-refractivity contribution in [2.24, 2.45) is 11.3 Å². The number of rotatable bonds is 3. The largest absolute Gasteiger partial charge is 0.325 e. The van der Waals surface area contributed by atoms with Crippen molar-refractivity contribution in [1.29, 1.82) is 0 Å². The molecule has 4 amide bonds. The third kappa shape index (κ3) is 3.93. The lowest BCUT2D eigenvalue weighted by Gasteiger charge is -2.43. The number of carbonyl (C=O) groups excluding carboxylic acids is 3. The number of benzene rings is 1. The van der Waals surface area contributed by atoms with Gasteiger partial charge in [-0.25, -0.2) is 9.18 Å². The summed E-state index contributed by atoms with van der Waals surface area (Å²) in [6.07, 6.45) is 2.03. The van der Waals surface area contributed by atoms with Crippen LogP contribution < -0.4 is 10.6 Å². The van der Waals surface area contributed by atoms with Gasteiger partial charge in [-0.05, 0) is 48.8 Å². The third-order valence-corrected chi connectivity index (χ3v) is 5.36. The Bertz CT molecular complexity index is 813. The normalized spacial score (nSPS) is 27.0. The van der Waals surface area contributed by atoms with Gasteiger partial charge in [0.15, 0.2) is 0 Å². The molecule has 1 aromatic carbocycles. The van der Waals surface area contributed by atoms with Crippen LogP contribution in [0, 0.1) is 17.2 Å². The summed E-state index contributed by atoms with van der Waals surface area (Å²) in [7, 11) is 0.